The Morgan fingerprint density at radius 2 is 1.83 bits per heavy atom. The molecule has 0 unspecified atom stereocenters. The number of hydrogen-bond donors (Lipinski definition) is 2. The first-order chi connectivity index (χ1) is 8.79. The van der Waals surface area contributed by atoms with E-state index in [1.807, 2.05) is 19.1 Å². The highest BCUT2D eigenvalue weighted by atomic mass is 16.3. The van der Waals surface area contributed by atoms with E-state index in [9.17, 15) is 0 Å². The molecule has 0 aliphatic rings. The molecule has 0 saturated heterocycles. The van der Waals surface area contributed by atoms with E-state index in [4.69, 9.17) is 5.11 Å². The van der Waals surface area contributed by atoms with E-state index in [0.717, 1.165) is 5.56 Å². The minimum atomic E-state index is -0.00185. The number of aliphatic hydroxyl groups excluding tert-OH is 1. The van der Waals surface area contributed by atoms with E-state index in [2.05, 4.69) is 32.4 Å². The molecule has 5 nitrogen and oxygen atoms in total. The topological polar surface area (TPSA) is 70.9 Å². The number of aryl methyl sites for hydroxylation is 1. The second-order valence-corrected chi connectivity index (χ2v) is 4.08. The van der Waals surface area contributed by atoms with Gasteiger partial charge in [0.2, 0.25) is 5.95 Å². The molecule has 18 heavy (non-hydrogen) atoms. The maximum Gasteiger partial charge on any atom is 0.226 e. The minimum Gasteiger partial charge on any atom is -0.396 e. The molecule has 94 valence electrons. The molecule has 5 heteroatoms. The Kier molecular flexibility index (Phi) is 4.20. The number of nitrogens with zero attached hydrogens (tertiary/aromatic N) is 3. The molecule has 0 saturated carbocycles. The van der Waals surface area contributed by atoms with Crippen molar-refractivity contribution in [3.63, 3.8) is 0 Å². The normalized spacial score (nSPS) is 12.1. The van der Waals surface area contributed by atoms with Crippen molar-refractivity contribution in [2.45, 2.75) is 19.4 Å². The zero-order valence-electron chi connectivity index (χ0n) is 10.2. The zero-order valence-corrected chi connectivity index (χ0v) is 10.2. The Morgan fingerprint density at radius 3 is 2.44 bits per heavy atom. The van der Waals surface area contributed by atoms with Gasteiger partial charge in [-0.25, -0.2) is 15.0 Å². The fourth-order valence-corrected chi connectivity index (χ4v) is 1.72. The summed E-state index contributed by atoms with van der Waals surface area (Å²) in [5.74, 6) is 0.518. The van der Waals surface area contributed by atoms with Crippen LogP contribution in [0.4, 0.5) is 5.95 Å². The lowest BCUT2D eigenvalue weighted by atomic mass is 10.0. The molecule has 0 aliphatic carbocycles. The third kappa shape index (κ3) is 3.24. The maximum atomic E-state index is 9.14. The Balaban J connectivity index is 2.15. The quantitative estimate of drug-likeness (QED) is 0.838. The third-order valence-electron chi connectivity index (χ3n) is 2.69. The Morgan fingerprint density at radius 1 is 1.17 bits per heavy atom. The molecule has 1 aromatic carbocycles. The third-order valence-corrected chi connectivity index (χ3v) is 2.69. The van der Waals surface area contributed by atoms with Crippen LogP contribution in [0.15, 0.2) is 36.9 Å². The van der Waals surface area contributed by atoms with Crippen LogP contribution in [0.1, 0.15) is 23.6 Å². The predicted octanol–water partition coefficient (Wildman–Crippen LogP) is 1.72. The van der Waals surface area contributed by atoms with Crippen LogP contribution in [0.3, 0.4) is 0 Å². The van der Waals surface area contributed by atoms with E-state index in [-0.39, 0.29) is 12.6 Å². The van der Waals surface area contributed by atoms with E-state index < -0.39 is 0 Å². The van der Waals surface area contributed by atoms with E-state index in [0.29, 0.717) is 12.4 Å². The van der Waals surface area contributed by atoms with Crippen molar-refractivity contribution in [3.8, 4) is 0 Å². The van der Waals surface area contributed by atoms with E-state index in [1.54, 1.807) is 0 Å². The number of hydrogen-bond acceptors (Lipinski definition) is 5. The molecule has 0 radical (unpaired) electrons. The summed E-state index contributed by atoms with van der Waals surface area (Å²) >= 11 is 0. The van der Waals surface area contributed by atoms with Crippen molar-refractivity contribution >= 4 is 5.95 Å². The van der Waals surface area contributed by atoms with Crippen LogP contribution in [0.5, 0.6) is 0 Å². The molecule has 2 N–H and O–H groups in total. The first kappa shape index (κ1) is 12.4. The fourth-order valence-electron chi connectivity index (χ4n) is 1.72. The molecule has 2 rings (SSSR count). The van der Waals surface area contributed by atoms with Gasteiger partial charge in [-0.2, -0.15) is 0 Å². The van der Waals surface area contributed by atoms with Crippen LogP contribution < -0.4 is 5.32 Å². The standard InChI is InChI=1S/C13H16N4O/c1-10-2-4-11(5-3-10)12(6-7-18)17-13-15-8-14-9-16-13/h2-5,8-9,12,18H,6-7H2,1H3,(H,14,15,16,17)/t12-/m1/s1. The monoisotopic (exact) mass is 244 g/mol. The molecule has 1 atom stereocenters. The number of anilines is 1. The highest BCUT2D eigenvalue weighted by Gasteiger charge is 2.11. The summed E-state index contributed by atoms with van der Waals surface area (Å²) in [4.78, 5) is 11.8. The van der Waals surface area contributed by atoms with E-state index >= 15 is 0 Å². The number of rotatable bonds is 5. The Bertz CT molecular complexity index is 472. The fraction of sp³-hybridized carbons (Fsp3) is 0.308. The van der Waals surface area contributed by atoms with Crippen LogP contribution in [0.2, 0.25) is 0 Å². The van der Waals surface area contributed by atoms with Crippen LogP contribution >= 0.6 is 0 Å². The highest BCUT2D eigenvalue weighted by Crippen LogP contribution is 2.20. The van der Waals surface area contributed by atoms with Crippen LogP contribution in [0, 0.1) is 6.92 Å². The minimum absolute atomic E-state index is 0.00185. The van der Waals surface area contributed by atoms with Crippen molar-refractivity contribution in [2.75, 3.05) is 11.9 Å². The summed E-state index contributed by atoms with van der Waals surface area (Å²) in [5.41, 5.74) is 2.32. The van der Waals surface area contributed by atoms with E-state index in [1.165, 1.54) is 18.2 Å². The summed E-state index contributed by atoms with van der Waals surface area (Å²) < 4.78 is 0. The summed E-state index contributed by atoms with van der Waals surface area (Å²) in [5, 5.41) is 12.3. The number of benzene rings is 1. The second kappa shape index (κ2) is 6.07. The number of aliphatic hydroxyl groups is 1. The molecule has 1 aromatic heterocycles. The predicted molar refractivity (Wildman–Crippen MR) is 69.1 cm³/mol. The molecule has 0 spiro atoms. The molecule has 0 fully saturated rings. The van der Waals surface area contributed by atoms with Gasteiger partial charge in [0, 0.05) is 6.61 Å². The molecule has 1 heterocycles. The van der Waals surface area contributed by atoms with Crippen molar-refractivity contribution < 1.29 is 5.11 Å². The average Bonchev–Trinajstić information content (AvgIpc) is 2.40. The first-order valence-corrected chi connectivity index (χ1v) is 5.85. The molecular weight excluding hydrogens is 228 g/mol. The summed E-state index contributed by atoms with van der Waals surface area (Å²) in [6.07, 6.45) is 3.50. The van der Waals surface area contributed by atoms with Crippen molar-refractivity contribution in [1.29, 1.82) is 0 Å². The lowest BCUT2D eigenvalue weighted by Crippen LogP contribution is -2.14. The smallest absolute Gasteiger partial charge is 0.226 e. The molecule has 2 aromatic rings. The van der Waals surface area contributed by atoms with Crippen LogP contribution in [-0.4, -0.2) is 26.7 Å². The van der Waals surface area contributed by atoms with Crippen LogP contribution in [-0.2, 0) is 0 Å². The van der Waals surface area contributed by atoms with Crippen molar-refractivity contribution in [3.05, 3.63) is 48.0 Å². The lowest BCUT2D eigenvalue weighted by molar-refractivity contribution is 0.280. The zero-order chi connectivity index (χ0) is 12.8. The van der Waals surface area contributed by atoms with Gasteiger partial charge in [-0.1, -0.05) is 29.8 Å². The average molecular weight is 244 g/mol. The maximum absolute atomic E-state index is 9.14. The second-order valence-electron chi connectivity index (χ2n) is 4.08. The molecule has 0 aliphatic heterocycles. The van der Waals surface area contributed by atoms with Gasteiger partial charge in [-0.15, -0.1) is 0 Å². The number of nitrogens with one attached hydrogen (secondary N) is 1. The van der Waals surface area contributed by atoms with Gasteiger partial charge in [0.25, 0.3) is 0 Å². The molecular formula is C13H16N4O. The number of aromatic nitrogens is 3. The lowest BCUT2D eigenvalue weighted by Gasteiger charge is -2.18. The van der Waals surface area contributed by atoms with Crippen molar-refractivity contribution in [2.24, 2.45) is 0 Å². The van der Waals surface area contributed by atoms with Gasteiger partial charge in [0.05, 0.1) is 6.04 Å². The Hall–Kier alpha value is -2.01. The summed E-state index contributed by atoms with van der Waals surface area (Å²) in [6, 6.07) is 8.19. The highest BCUT2D eigenvalue weighted by molar-refractivity contribution is 5.32. The van der Waals surface area contributed by atoms with Crippen LogP contribution in [0.25, 0.3) is 0 Å². The summed E-state index contributed by atoms with van der Waals surface area (Å²) in [6.45, 7) is 2.15. The largest absolute Gasteiger partial charge is 0.396 e. The van der Waals surface area contributed by atoms with Gasteiger partial charge in [-0.3, -0.25) is 0 Å². The van der Waals surface area contributed by atoms with Gasteiger partial charge in [0.1, 0.15) is 12.7 Å². The van der Waals surface area contributed by atoms with Gasteiger partial charge >= 0.3 is 0 Å². The summed E-state index contributed by atoms with van der Waals surface area (Å²) in [7, 11) is 0. The van der Waals surface area contributed by atoms with Gasteiger partial charge < -0.3 is 10.4 Å². The first-order valence-electron chi connectivity index (χ1n) is 5.85. The van der Waals surface area contributed by atoms with Gasteiger partial charge in [-0.05, 0) is 18.9 Å². The van der Waals surface area contributed by atoms with Gasteiger partial charge in [0.15, 0.2) is 0 Å². The SMILES string of the molecule is Cc1ccc([C@@H](CCO)Nc2ncncn2)cc1. The molecule has 0 bridgehead atoms. The molecule has 0 amide bonds. The van der Waals surface area contributed by atoms with Crippen molar-refractivity contribution in [1.82, 2.24) is 15.0 Å². The Labute approximate surface area is 106 Å².